The monoisotopic (exact) mass is 416 g/mol. The molecule has 2 aliphatic rings. The number of likely N-dealkylation sites (tertiary alicyclic amines) is 1. The van der Waals surface area contributed by atoms with Crippen LogP contribution in [0.3, 0.4) is 0 Å². The van der Waals surface area contributed by atoms with Crippen molar-refractivity contribution in [2.75, 3.05) is 18.9 Å². The minimum absolute atomic E-state index is 0.0308. The number of nitrogens with zero attached hydrogens (tertiary/aromatic N) is 1. The third-order valence-corrected chi connectivity index (χ3v) is 6.72. The lowest BCUT2D eigenvalue weighted by Crippen LogP contribution is -2.51. The van der Waals surface area contributed by atoms with Gasteiger partial charge < -0.3 is 5.32 Å². The average Bonchev–Trinajstić information content (AvgIpc) is 3.24. The molecule has 3 aromatic rings. The molecule has 0 saturated carbocycles. The molecule has 0 unspecified atom stereocenters. The molecule has 4 nitrogen and oxygen atoms in total. The van der Waals surface area contributed by atoms with Crippen LogP contribution >= 0.6 is 11.6 Å². The van der Waals surface area contributed by atoms with E-state index >= 15 is 0 Å². The first kappa shape index (κ1) is 19.0. The molecule has 0 aromatic heterocycles. The number of anilines is 1. The fourth-order valence-corrected chi connectivity index (χ4v) is 5.37. The number of hydrogen-bond donors (Lipinski definition) is 1. The van der Waals surface area contributed by atoms with Crippen LogP contribution in [0.1, 0.15) is 27.4 Å². The average molecular weight is 417 g/mol. The molecule has 1 amide bonds. The summed E-state index contributed by atoms with van der Waals surface area (Å²) in [6.45, 7) is 0.590. The highest BCUT2D eigenvalue weighted by Crippen LogP contribution is 2.55. The summed E-state index contributed by atoms with van der Waals surface area (Å²) >= 11 is 6.34. The molecule has 1 saturated heterocycles. The summed E-state index contributed by atoms with van der Waals surface area (Å²) in [6, 6.07) is 24.6. The fraction of sp³-hybridized carbons (Fsp3) is 0.200. The van der Waals surface area contributed by atoms with E-state index in [9.17, 15) is 9.59 Å². The highest BCUT2D eigenvalue weighted by molar-refractivity contribution is 6.31. The van der Waals surface area contributed by atoms with Crippen LogP contribution in [0.4, 0.5) is 5.69 Å². The minimum Gasteiger partial charge on any atom is -0.324 e. The third kappa shape index (κ3) is 2.64. The number of carbonyl (C=O) groups is 2. The van der Waals surface area contributed by atoms with Gasteiger partial charge in [-0.25, -0.2) is 0 Å². The van der Waals surface area contributed by atoms with Gasteiger partial charge in [0.25, 0.3) is 0 Å². The molecule has 5 rings (SSSR count). The number of nitrogens with one attached hydrogen (secondary N) is 1. The van der Waals surface area contributed by atoms with Gasteiger partial charge in [0.15, 0.2) is 5.78 Å². The van der Waals surface area contributed by atoms with Crippen LogP contribution in [0.25, 0.3) is 0 Å². The maximum absolute atomic E-state index is 13.9. The summed E-state index contributed by atoms with van der Waals surface area (Å²) in [5, 5.41) is 3.55. The van der Waals surface area contributed by atoms with E-state index in [0.717, 1.165) is 16.8 Å². The molecule has 0 aliphatic carbocycles. The van der Waals surface area contributed by atoms with Gasteiger partial charge in [-0.05, 0) is 30.8 Å². The largest absolute Gasteiger partial charge is 0.324 e. The summed E-state index contributed by atoms with van der Waals surface area (Å²) in [6.07, 6.45) is 0. The number of Topliss-reactive ketones (excluding diaryl/α,β-unsaturated/α-hetero) is 1. The minimum atomic E-state index is -1.10. The van der Waals surface area contributed by atoms with E-state index in [4.69, 9.17) is 11.6 Å². The number of halogens is 1. The van der Waals surface area contributed by atoms with Crippen molar-refractivity contribution < 1.29 is 9.59 Å². The van der Waals surface area contributed by atoms with E-state index in [1.807, 2.05) is 84.7 Å². The molecule has 1 spiro atoms. The first-order chi connectivity index (χ1) is 14.5. The summed E-state index contributed by atoms with van der Waals surface area (Å²) in [5.41, 5.74) is 2.06. The lowest BCUT2D eigenvalue weighted by atomic mass is 9.70. The Morgan fingerprint density at radius 1 is 1.03 bits per heavy atom. The van der Waals surface area contributed by atoms with Gasteiger partial charge in [-0.2, -0.15) is 0 Å². The SMILES string of the molecule is CN1C[C@H](c2ccccc2)[C@@H](C(=O)c2ccccc2)[C@]12C(=O)Nc1ccc(Cl)cc12. The second kappa shape index (κ2) is 7.08. The normalized spacial score (nSPS) is 25.3. The number of rotatable bonds is 3. The smallest absolute Gasteiger partial charge is 0.250 e. The number of likely N-dealkylation sites (N-methyl/N-ethyl adjacent to an activating group) is 1. The molecule has 0 radical (unpaired) electrons. The summed E-state index contributed by atoms with van der Waals surface area (Å²) in [5.74, 6) is -0.904. The molecule has 1 fully saturated rings. The zero-order valence-electron chi connectivity index (χ0n) is 16.5. The maximum atomic E-state index is 13.9. The number of benzene rings is 3. The van der Waals surface area contributed by atoms with Gasteiger partial charge in [0.2, 0.25) is 5.91 Å². The molecule has 30 heavy (non-hydrogen) atoms. The van der Waals surface area contributed by atoms with Crippen molar-refractivity contribution in [3.05, 3.63) is 101 Å². The maximum Gasteiger partial charge on any atom is 0.250 e. The van der Waals surface area contributed by atoms with Crippen LogP contribution in [0, 0.1) is 5.92 Å². The van der Waals surface area contributed by atoms with Crippen molar-refractivity contribution in [2.45, 2.75) is 11.5 Å². The van der Waals surface area contributed by atoms with Gasteiger partial charge in [0, 0.05) is 34.3 Å². The van der Waals surface area contributed by atoms with Gasteiger partial charge in [0.1, 0.15) is 5.54 Å². The second-order valence-corrected chi connectivity index (χ2v) is 8.45. The second-order valence-electron chi connectivity index (χ2n) is 8.02. The van der Waals surface area contributed by atoms with Crippen molar-refractivity contribution in [1.29, 1.82) is 0 Å². The van der Waals surface area contributed by atoms with Gasteiger partial charge in [-0.3, -0.25) is 14.5 Å². The number of ketones is 1. The van der Waals surface area contributed by atoms with Crippen LogP contribution < -0.4 is 5.32 Å². The molecule has 3 aromatic carbocycles. The standard InChI is InChI=1S/C25H21ClN2O2/c1-28-15-19(16-8-4-2-5-9-16)22(23(29)17-10-6-3-7-11-17)25(28)20-14-18(26)12-13-21(20)27-24(25)30/h2-14,19,22H,15H2,1H3,(H,27,30)/t19-,22+,25-/m1/s1. The van der Waals surface area contributed by atoms with E-state index in [2.05, 4.69) is 5.32 Å². The van der Waals surface area contributed by atoms with Crippen molar-refractivity contribution in [1.82, 2.24) is 4.90 Å². The molecule has 0 bridgehead atoms. The topological polar surface area (TPSA) is 49.4 Å². The van der Waals surface area contributed by atoms with Gasteiger partial charge in [-0.15, -0.1) is 0 Å². The molecule has 150 valence electrons. The van der Waals surface area contributed by atoms with E-state index in [0.29, 0.717) is 17.1 Å². The molecule has 2 aliphatic heterocycles. The Morgan fingerprint density at radius 3 is 2.40 bits per heavy atom. The molecule has 2 heterocycles. The van der Waals surface area contributed by atoms with Crippen molar-refractivity contribution >= 4 is 29.0 Å². The lowest BCUT2D eigenvalue weighted by Gasteiger charge is -2.35. The van der Waals surface area contributed by atoms with Crippen LogP contribution in [0.15, 0.2) is 78.9 Å². The Hall–Kier alpha value is -2.95. The Labute approximate surface area is 180 Å². The predicted molar refractivity (Wildman–Crippen MR) is 118 cm³/mol. The van der Waals surface area contributed by atoms with Crippen molar-refractivity contribution in [3.8, 4) is 0 Å². The van der Waals surface area contributed by atoms with E-state index in [1.165, 1.54) is 0 Å². The van der Waals surface area contributed by atoms with Crippen LogP contribution in [0.2, 0.25) is 5.02 Å². The Kier molecular flexibility index (Phi) is 4.49. The molecular formula is C25H21ClN2O2. The quantitative estimate of drug-likeness (QED) is 0.629. The van der Waals surface area contributed by atoms with Crippen molar-refractivity contribution in [2.24, 2.45) is 5.92 Å². The third-order valence-electron chi connectivity index (χ3n) is 6.48. The van der Waals surface area contributed by atoms with Gasteiger partial charge in [0.05, 0.1) is 5.92 Å². The first-order valence-corrected chi connectivity index (χ1v) is 10.4. The van der Waals surface area contributed by atoms with E-state index in [-0.39, 0.29) is 17.6 Å². The van der Waals surface area contributed by atoms with Crippen LogP contribution in [0.5, 0.6) is 0 Å². The van der Waals surface area contributed by atoms with E-state index < -0.39 is 11.5 Å². The summed E-state index contributed by atoms with van der Waals surface area (Å²) < 4.78 is 0. The molecule has 3 atom stereocenters. The lowest BCUT2D eigenvalue weighted by molar-refractivity contribution is -0.126. The number of carbonyl (C=O) groups excluding carboxylic acids is 2. The summed E-state index contributed by atoms with van der Waals surface area (Å²) in [4.78, 5) is 29.5. The van der Waals surface area contributed by atoms with Gasteiger partial charge in [-0.1, -0.05) is 72.3 Å². The van der Waals surface area contributed by atoms with Crippen molar-refractivity contribution in [3.63, 3.8) is 0 Å². The number of amides is 1. The van der Waals surface area contributed by atoms with Crippen LogP contribution in [-0.2, 0) is 10.3 Å². The molecular weight excluding hydrogens is 396 g/mol. The number of fused-ring (bicyclic) bond motifs is 2. The summed E-state index contributed by atoms with van der Waals surface area (Å²) in [7, 11) is 1.92. The number of hydrogen-bond acceptors (Lipinski definition) is 3. The Balaban J connectivity index is 1.75. The predicted octanol–water partition coefficient (Wildman–Crippen LogP) is 4.72. The fourth-order valence-electron chi connectivity index (χ4n) is 5.19. The highest BCUT2D eigenvalue weighted by atomic mass is 35.5. The van der Waals surface area contributed by atoms with Gasteiger partial charge >= 0.3 is 0 Å². The first-order valence-electron chi connectivity index (χ1n) is 10.0. The zero-order chi connectivity index (χ0) is 20.9. The molecule has 5 heteroatoms. The highest BCUT2D eigenvalue weighted by Gasteiger charge is 2.64. The molecule has 1 N–H and O–H groups in total. The zero-order valence-corrected chi connectivity index (χ0v) is 17.3. The Morgan fingerprint density at radius 2 is 1.70 bits per heavy atom. The van der Waals surface area contributed by atoms with E-state index in [1.54, 1.807) is 6.07 Å². The Bertz CT molecular complexity index is 1130. The van der Waals surface area contributed by atoms with Crippen LogP contribution in [-0.4, -0.2) is 30.2 Å².